The molecule has 1 saturated heterocycles. The van der Waals surface area contributed by atoms with Crippen molar-refractivity contribution in [3.05, 3.63) is 29.3 Å². The highest BCUT2D eigenvalue weighted by Crippen LogP contribution is 2.19. The summed E-state index contributed by atoms with van der Waals surface area (Å²) < 4.78 is 5.81. The van der Waals surface area contributed by atoms with Gasteiger partial charge in [0.1, 0.15) is 5.75 Å². The van der Waals surface area contributed by atoms with Gasteiger partial charge in [-0.05, 0) is 55.8 Å². The zero-order chi connectivity index (χ0) is 12.1. The molecule has 0 amide bonds. The molecule has 1 N–H and O–H groups in total. The van der Waals surface area contributed by atoms with Crippen molar-refractivity contribution in [1.29, 1.82) is 0 Å². The normalized spacial score (nSPS) is 15.6. The Morgan fingerprint density at radius 1 is 1.35 bits per heavy atom. The fourth-order valence-corrected chi connectivity index (χ4v) is 2.73. The number of thioether (sulfide) groups is 1. The molecular formula is C14H21NOS. The van der Waals surface area contributed by atoms with E-state index in [9.17, 15) is 0 Å². The van der Waals surface area contributed by atoms with Crippen molar-refractivity contribution in [3.8, 4) is 5.75 Å². The van der Waals surface area contributed by atoms with E-state index >= 15 is 0 Å². The first-order chi connectivity index (χ1) is 8.25. The summed E-state index contributed by atoms with van der Waals surface area (Å²) in [6.45, 7) is 7.41. The van der Waals surface area contributed by atoms with Crippen LogP contribution in [-0.2, 0) is 0 Å². The molecule has 0 saturated carbocycles. The van der Waals surface area contributed by atoms with Crippen LogP contribution < -0.4 is 10.1 Å². The molecule has 1 aliphatic rings. The van der Waals surface area contributed by atoms with Crippen LogP contribution in [0, 0.1) is 19.8 Å². The van der Waals surface area contributed by atoms with E-state index in [0.29, 0.717) is 0 Å². The summed E-state index contributed by atoms with van der Waals surface area (Å²) in [5.74, 6) is 4.28. The van der Waals surface area contributed by atoms with Crippen molar-refractivity contribution in [3.63, 3.8) is 0 Å². The maximum Gasteiger partial charge on any atom is 0.122 e. The van der Waals surface area contributed by atoms with Crippen LogP contribution in [0.15, 0.2) is 18.2 Å². The van der Waals surface area contributed by atoms with E-state index < -0.39 is 0 Å². The van der Waals surface area contributed by atoms with Crippen molar-refractivity contribution < 1.29 is 4.74 Å². The van der Waals surface area contributed by atoms with Gasteiger partial charge in [-0.3, -0.25) is 0 Å². The average molecular weight is 251 g/mol. The zero-order valence-corrected chi connectivity index (χ0v) is 11.5. The first-order valence-corrected chi connectivity index (χ1v) is 7.39. The molecule has 0 unspecified atom stereocenters. The van der Waals surface area contributed by atoms with Crippen LogP contribution in [0.25, 0.3) is 0 Å². The second-order valence-electron chi connectivity index (χ2n) is 4.72. The lowest BCUT2D eigenvalue weighted by Gasteiger charge is -2.26. The molecule has 17 heavy (non-hydrogen) atoms. The quantitative estimate of drug-likeness (QED) is 0.785. The maximum absolute atomic E-state index is 5.81. The van der Waals surface area contributed by atoms with Crippen LogP contribution in [0.2, 0.25) is 0 Å². The van der Waals surface area contributed by atoms with Crippen LogP contribution in [0.3, 0.4) is 0 Å². The molecule has 0 aliphatic carbocycles. The Balaban J connectivity index is 1.65. The van der Waals surface area contributed by atoms with Gasteiger partial charge in [-0.2, -0.15) is 11.8 Å². The summed E-state index contributed by atoms with van der Waals surface area (Å²) in [5.41, 5.74) is 2.49. The maximum atomic E-state index is 5.81. The molecule has 0 atom stereocenters. The monoisotopic (exact) mass is 251 g/mol. The van der Waals surface area contributed by atoms with E-state index in [0.717, 1.165) is 24.0 Å². The molecule has 1 aliphatic heterocycles. The van der Waals surface area contributed by atoms with E-state index in [-0.39, 0.29) is 0 Å². The van der Waals surface area contributed by atoms with Gasteiger partial charge in [-0.15, -0.1) is 0 Å². The van der Waals surface area contributed by atoms with Crippen molar-refractivity contribution in [2.45, 2.75) is 13.8 Å². The minimum Gasteiger partial charge on any atom is -0.492 e. The van der Waals surface area contributed by atoms with Crippen molar-refractivity contribution >= 4 is 11.8 Å². The first-order valence-electron chi connectivity index (χ1n) is 6.24. The van der Waals surface area contributed by atoms with Crippen LogP contribution in [-0.4, -0.2) is 31.2 Å². The zero-order valence-electron chi connectivity index (χ0n) is 10.7. The number of nitrogens with one attached hydrogen (secondary N) is 1. The molecule has 94 valence electrons. The Morgan fingerprint density at radius 2 is 2.18 bits per heavy atom. The Morgan fingerprint density at radius 3 is 2.88 bits per heavy atom. The largest absolute Gasteiger partial charge is 0.492 e. The molecular weight excluding hydrogens is 230 g/mol. The molecule has 0 spiro atoms. The van der Waals surface area contributed by atoms with Gasteiger partial charge in [-0.25, -0.2) is 0 Å². The standard InChI is InChI=1S/C14H21NOS/c1-11-3-4-12(2)14(7-11)16-5-6-17-10-13-8-15-9-13/h3-4,7,13,15H,5-6,8-10H2,1-2H3. The molecule has 0 aromatic heterocycles. The molecule has 3 heteroatoms. The van der Waals surface area contributed by atoms with Gasteiger partial charge in [0.05, 0.1) is 6.61 Å². The van der Waals surface area contributed by atoms with Gasteiger partial charge in [0.15, 0.2) is 0 Å². The third-order valence-electron chi connectivity index (χ3n) is 3.05. The Kier molecular flexibility index (Phi) is 4.75. The van der Waals surface area contributed by atoms with E-state index in [4.69, 9.17) is 4.74 Å². The molecule has 2 rings (SSSR count). The minimum atomic E-state index is 0.815. The van der Waals surface area contributed by atoms with Crippen molar-refractivity contribution in [1.82, 2.24) is 5.32 Å². The van der Waals surface area contributed by atoms with E-state index in [1.165, 1.54) is 30.0 Å². The van der Waals surface area contributed by atoms with Gasteiger partial charge in [0, 0.05) is 5.75 Å². The predicted molar refractivity (Wildman–Crippen MR) is 75.1 cm³/mol. The lowest BCUT2D eigenvalue weighted by molar-refractivity contribution is 0.340. The number of benzene rings is 1. The van der Waals surface area contributed by atoms with Crippen LogP contribution in [0.4, 0.5) is 0 Å². The lowest BCUT2D eigenvalue weighted by atomic mass is 10.1. The molecule has 0 radical (unpaired) electrons. The average Bonchev–Trinajstić information content (AvgIpc) is 2.25. The summed E-state index contributed by atoms with van der Waals surface area (Å²) >= 11 is 2.00. The SMILES string of the molecule is Cc1ccc(C)c(OCCSCC2CNC2)c1. The van der Waals surface area contributed by atoms with E-state index in [2.05, 4.69) is 37.4 Å². The fourth-order valence-electron chi connectivity index (χ4n) is 1.79. The molecule has 0 bridgehead atoms. The third kappa shape index (κ3) is 3.93. The number of ether oxygens (including phenoxy) is 1. The van der Waals surface area contributed by atoms with Crippen LogP contribution in [0.5, 0.6) is 5.75 Å². The first kappa shape index (κ1) is 12.8. The van der Waals surface area contributed by atoms with Gasteiger partial charge < -0.3 is 10.1 Å². The molecule has 1 aromatic rings. The van der Waals surface area contributed by atoms with Gasteiger partial charge in [0.25, 0.3) is 0 Å². The smallest absolute Gasteiger partial charge is 0.122 e. The second-order valence-corrected chi connectivity index (χ2v) is 5.87. The number of rotatable bonds is 6. The minimum absolute atomic E-state index is 0.815. The predicted octanol–water partition coefficient (Wildman–Crippen LogP) is 2.63. The third-order valence-corrected chi connectivity index (χ3v) is 4.21. The number of hydrogen-bond donors (Lipinski definition) is 1. The highest BCUT2D eigenvalue weighted by atomic mass is 32.2. The molecule has 2 nitrogen and oxygen atoms in total. The summed E-state index contributed by atoms with van der Waals surface area (Å²) in [6, 6.07) is 6.37. The fraction of sp³-hybridized carbons (Fsp3) is 0.571. The number of hydrogen-bond acceptors (Lipinski definition) is 3. The summed E-state index contributed by atoms with van der Waals surface area (Å²) in [6.07, 6.45) is 0. The van der Waals surface area contributed by atoms with Crippen LogP contribution in [0.1, 0.15) is 11.1 Å². The van der Waals surface area contributed by atoms with Crippen LogP contribution >= 0.6 is 11.8 Å². The van der Waals surface area contributed by atoms with Gasteiger partial charge in [-0.1, -0.05) is 12.1 Å². The second kappa shape index (κ2) is 6.31. The van der Waals surface area contributed by atoms with E-state index in [1.54, 1.807) is 0 Å². The lowest BCUT2D eigenvalue weighted by Crippen LogP contribution is -2.43. The molecule has 1 fully saturated rings. The van der Waals surface area contributed by atoms with Crippen molar-refractivity contribution in [2.75, 3.05) is 31.2 Å². The summed E-state index contributed by atoms with van der Waals surface area (Å²) in [7, 11) is 0. The molecule has 1 aromatic carbocycles. The Bertz CT molecular complexity index is 363. The van der Waals surface area contributed by atoms with Crippen molar-refractivity contribution in [2.24, 2.45) is 5.92 Å². The van der Waals surface area contributed by atoms with E-state index in [1.807, 2.05) is 11.8 Å². The topological polar surface area (TPSA) is 21.3 Å². The highest BCUT2D eigenvalue weighted by Gasteiger charge is 2.15. The summed E-state index contributed by atoms with van der Waals surface area (Å²) in [4.78, 5) is 0. The Hall–Kier alpha value is -0.670. The molecule has 1 heterocycles. The summed E-state index contributed by atoms with van der Waals surface area (Å²) in [5, 5.41) is 3.30. The number of aryl methyl sites for hydroxylation is 2. The van der Waals surface area contributed by atoms with Gasteiger partial charge in [0.2, 0.25) is 0 Å². The Labute approximate surface area is 108 Å². The van der Waals surface area contributed by atoms with Gasteiger partial charge >= 0.3 is 0 Å². The highest BCUT2D eigenvalue weighted by molar-refractivity contribution is 7.99.